The Morgan fingerprint density at radius 3 is 2.15 bits per heavy atom. The second-order valence-corrected chi connectivity index (χ2v) is 8.15. The van der Waals surface area contributed by atoms with Gasteiger partial charge in [-0.25, -0.2) is 13.2 Å². The lowest BCUT2D eigenvalue weighted by atomic mass is 10.1. The average Bonchev–Trinajstić information content (AvgIpc) is 2.60. The Labute approximate surface area is 153 Å². The number of sulfone groups is 1. The molecule has 2 rings (SSSR count). The SMILES string of the molecule is COC(=O)C(Cc1ccccc1)NC(=O)c1ccc(CS(C)(=O)=O)cc1. The monoisotopic (exact) mass is 375 g/mol. The molecule has 2 aromatic carbocycles. The minimum Gasteiger partial charge on any atom is -0.467 e. The summed E-state index contributed by atoms with van der Waals surface area (Å²) in [4.78, 5) is 24.4. The van der Waals surface area contributed by atoms with Gasteiger partial charge in [0.25, 0.3) is 5.91 Å². The second-order valence-electron chi connectivity index (χ2n) is 6.01. The van der Waals surface area contributed by atoms with Crippen molar-refractivity contribution >= 4 is 21.7 Å². The molecular weight excluding hydrogens is 354 g/mol. The molecule has 0 aliphatic rings. The second kappa shape index (κ2) is 8.62. The summed E-state index contributed by atoms with van der Waals surface area (Å²) in [6.07, 6.45) is 1.46. The van der Waals surface area contributed by atoms with Crippen molar-refractivity contribution in [2.45, 2.75) is 18.2 Å². The predicted octanol–water partition coefficient (Wildman–Crippen LogP) is 1.75. The van der Waals surface area contributed by atoms with E-state index in [0.717, 1.165) is 11.8 Å². The van der Waals surface area contributed by atoms with Crippen molar-refractivity contribution in [3.63, 3.8) is 0 Å². The highest BCUT2D eigenvalue weighted by atomic mass is 32.2. The average molecular weight is 375 g/mol. The number of rotatable bonds is 7. The van der Waals surface area contributed by atoms with Crippen molar-refractivity contribution in [3.8, 4) is 0 Å². The van der Waals surface area contributed by atoms with Crippen molar-refractivity contribution in [3.05, 3.63) is 71.3 Å². The summed E-state index contributed by atoms with van der Waals surface area (Å²) >= 11 is 0. The number of benzene rings is 2. The van der Waals surface area contributed by atoms with Crippen molar-refractivity contribution < 1.29 is 22.7 Å². The Morgan fingerprint density at radius 2 is 1.62 bits per heavy atom. The van der Waals surface area contributed by atoms with Crippen molar-refractivity contribution in [1.29, 1.82) is 0 Å². The Hall–Kier alpha value is -2.67. The van der Waals surface area contributed by atoms with E-state index in [0.29, 0.717) is 17.5 Å². The molecule has 0 saturated heterocycles. The highest BCUT2D eigenvalue weighted by Crippen LogP contribution is 2.10. The van der Waals surface area contributed by atoms with E-state index in [9.17, 15) is 18.0 Å². The first-order chi connectivity index (χ1) is 12.3. The lowest BCUT2D eigenvalue weighted by molar-refractivity contribution is -0.142. The Morgan fingerprint density at radius 1 is 1.00 bits per heavy atom. The molecule has 0 radical (unpaired) electrons. The molecule has 0 aromatic heterocycles. The third kappa shape index (κ3) is 6.00. The van der Waals surface area contributed by atoms with E-state index in [1.165, 1.54) is 19.2 Å². The molecule has 1 amide bonds. The highest BCUT2D eigenvalue weighted by molar-refractivity contribution is 7.89. The van der Waals surface area contributed by atoms with Crippen LogP contribution in [0, 0.1) is 0 Å². The largest absolute Gasteiger partial charge is 0.467 e. The van der Waals surface area contributed by atoms with Gasteiger partial charge in [-0.2, -0.15) is 0 Å². The van der Waals surface area contributed by atoms with Crippen LogP contribution >= 0.6 is 0 Å². The van der Waals surface area contributed by atoms with Crippen LogP contribution in [0.5, 0.6) is 0 Å². The summed E-state index contributed by atoms with van der Waals surface area (Å²) in [5.41, 5.74) is 1.83. The van der Waals surface area contributed by atoms with Crippen LogP contribution in [0.1, 0.15) is 21.5 Å². The predicted molar refractivity (Wildman–Crippen MR) is 98.4 cm³/mol. The summed E-state index contributed by atoms with van der Waals surface area (Å²) in [7, 11) is -1.87. The fourth-order valence-electron chi connectivity index (χ4n) is 2.48. The van der Waals surface area contributed by atoms with Crippen LogP contribution in [0.4, 0.5) is 0 Å². The van der Waals surface area contributed by atoms with Crippen molar-refractivity contribution in [1.82, 2.24) is 5.32 Å². The number of ether oxygens (including phenoxy) is 1. The van der Waals surface area contributed by atoms with Gasteiger partial charge >= 0.3 is 5.97 Å². The molecule has 138 valence electrons. The summed E-state index contributed by atoms with van der Waals surface area (Å²) in [6.45, 7) is 0. The number of esters is 1. The lowest BCUT2D eigenvalue weighted by Gasteiger charge is -2.17. The molecule has 0 bridgehead atoms. The van der Waals surface area contributed by atoms with Gasteiger partial charge in [-0.3, -0.25) is 4.79 Å². The Balaban J connectivity index is 2.10. The molecule has 0 fully saturated rings. The van der Waals surface area contributed by atoms with Gasteiger partial charge in [0.15, 0.2) is 9.84 Å². The zero-order valence-corrected chi connectivity index (χ0v) is 15.5. The van der Waals surface area contributed by atoms with Crippen LogP contribution in [0.2, 0.25) is 0 Å². The Bertz CT molecular complexity index is 861. The molecule has 6 nitrogen and oxygen atoms in total. The molecule has 0 heterocycles. The summed E-state index contributed by atoms with van der Waals surface area (Å²) in [5, 5.41) is 2.67. The summed E-state index contributed by atoms with van der Waals surface area (Å²) in [6, 6.07) is 14.7. The van der Waals surface area contributed by atoms with Crippen LogP contribution in [0.3, 0.4) is 0 Å². The zero-order chi connectivity index (χ0) is 19.2. The number of hydrogen-bond acceptors (Lipinski definition) is 5. The van der Waals surface area contributed by atoms with Gasteiger partial charge in [0.05, 0.1) is 12.9 Å². The number of nitrogens with one attached hydrogen (secondary N) is 1. The van der Waals surface area contributed by atoms with E-state index in [-0.39, 0.29) is 5.75 Å². The molecule has 0 aliphatic carbocycles. The van der Waals surface area contributed by atoms with E-state index in [4.69, 9.17) is 4.74 Å². The maximum absolute atomic E-state index is 12.4. The van der Waals surface area contributed by atoms with Crippen LogP contribution in [0.15, 0.2) is 54.6 Å². The standard InChI is InChI=1S/C19H21NO5S/c1-25-19(22)17(12-14-6-4-3-5-7-14)20-18(21)16-10-8-15(9-11-16)13-26(2,23)24/h3-11,17H,12-13H2,1-2H3,(H,20,21). The molecule has 0 aliphatic heterocycles. The molecule has 0 spiro atoms. The van der Waals surface area contributed by atoms with E-state index in [2.05, 4.69) is 5.32 Å². The van der Waals surface area contributed by atoms with Gasteiger partial charge in [0, 0.05) is 18.2 Å². The number of carbonyl (C=O) groups excluding carboxylic acids is 2. The van der Waals surface area contributed by atoms with Gasteiger partial charge in [0.1, 0.15) is 6.04 Å². The van der Waals surface area contributed by atoms with E-state index in [1.54, 1.807) is 12.1 Å². The normalized spacial score (nSPS) is 12.2. The molecule has 1 N–H and O–H groups in total. The third-order valence-corrected chi connectivity index (χ3v) is 4.58. The smallest absolute Gasteiger partial charge is 0.328 e. The third-order valence-electron chi connectivity index (χ3n) is 3.72. The maximum atomic E-state index is 12.4. The van der Waals surface area contributed by atoms with Gasteiger partial charge in [-0.15, -0.1) is 0 Å². The minimum atomic E-state index is -3.14. The number of amides is 1. The van der Waals surface area contributed by atoms with Gasteiger partial charge in [-0.05, 0) is 23.3 Å². The van der Waals surface area contributed by atoms with Crippen LogP contribution in [-0.2, 0) is 31.5 Å². The van der Waals surface area contributed by atoms with Crippen LogP contribution < -0.4 is 5.32 Å². The minimum absolute atomic E-state index is 0.0896. The molecule has 0 saturated carbocycles. The molecule has 7 heteroatoms. The van der Waals surface area contributed by atoms with E-state index < -0.39 is 27.8 Å². The Kier molecular flexibility index (Phi) is 6.52. The van der Waals surface area contributed by atoms with Crippen LogP contribution in [0.25, 0.3) is 0 Å². The highest BCUT2D eigenvalue weighted by Gasteiger charge is 2.22. The van der Waals surface area contributed by atoms with Crippen molar-refractivity contribution in [2.24, 2.45) is 0 Å². The first kappa shape index (κ1) is 19.7. The fourth-order valence-corrected chi connectivity index (χ4v) is 3.28. The van der Waals surface area contributed by atoms with Gasteiger partial charge < -0.3 is 10.1 Å². The molecule has 1 unspecified atom stereocenters. The molecule has 1 atom stereocenters. The maximum Gasteiger partial charge on any atom is 0.328 e. The van der Waals surface area contributed by atoms with E-state index >= 15 is 0 Å². The zero-order valence-electron chi connectivity index (χ0n) is 14.6. The van der Waals surface area contributed by atoms with E-state index in [1.807, 2.05) is 30.3 Å². The quantitative estimate of drug-likeness (QED) is 0.745. The summed E-state index contributed by atoms with van der Waals surface area (Å²) in [5.74, 6) is -1.05. The number of carbonyl (C=O) groups is 2. The lowest BCUT2D eigenvalue weighted by Crippen LogP contribution is -2.43. The van der Waals surface area contributed by atoms with Crippen molar-refractivity contribution in [2.75, 3.05) is 13.4 Å². The molecule has 2 aromatic rings. The summed E-state index contributed by atoms with van der Waals surface area (Å²) < 4.78 is 27.4. The van der Waals surface area contributed by atoms with Crippen LogP contribution in [-0.4, -0.2) is 39.7 Å². The fraction of sp³-hybridized carbons (Fsp3) is 0.263. The first-order valence-corrected chi connectivity index (χ1v) is 10.0. The van der Waals surface area contributed by atoms with Gasteiger partial charge in [0.2, 0.25) is 0 Å². The number of hydrogen-bond donors (Lipinski definition) is 1. The van der Waals surface area contributed by atoms with Gasteiger partial charge in [-0.1, -0.05) is 42.5 Å². The molecule has 26 heavy (non-hydrogen) atoms. The molecular formula is C19H21NO5S. The topological polar surface area (TPSA) is 89.5 Å². The first-order valence-electron chi connectivity index (χ1n) is 7.98. The number of methoxy groups -OCH3 is 1.